The van der Waals surface area contributed by atoms with E-state index in [0.29, 0.717) is 24.6 Å². The van der Waals surface area contributed by atoms with Crippen LogP contribution in [0.25, 0.3) is 0 Å². The van der Waals surface area contributed by atoms with Crippen LogP contribution in [0, 0.1) is 0 Å². The van der Waals surface area contributed by atoms with E-state index in [1.807, 2.05) is 4.90 Å². The van der Waals surface area contributed by atoms with E-state index in [4.69, 9.17) is 18.0 Å². The average molecular weight is 208 g/mol. The average Bonchev–Trinajstić information content (AvgIpc) is 1.93. The second-order valence-corrected chi connectivity index (χ2v) is 5.72. The van der Waals surface area contributed by atoms with Crippen molar-refractivity contribution in [3.63, 3.8) is 0 Å². The monoisotopic (exact) mass is 208 g/mol. The summed E-state index contributed by atoms with van der Waals surface area (Å²) >= 11 is 4.72. The number of thiocarbonyl (C=S) groups is 1. The predicted octanol–water partition coefficient (Wildman–Crippen LogP) is -0.997. The van der Waals surface area contributed by atoms with Crippen molar-refractivity contribution in [2.75, 3.05) is 31.1 Å². The maximum Gasteiger partial charge on any atom is 0.152 e. The Labute approximate surface area is 77.6 Å². The van der Waals surface area contributed by atoms with Gasteiger partial charge in [-0.25, -0.2) is 8.42 Å². The molecule has 0 aromatic heterocycles. The maximum atomic E-state index is 11.0. The van der Waals surface area contributed by atoms with Gasteiger partial charge in [-0.05, 0) is 0 Å². The molecule has 70 valence electrons. The van der Waals surface area contributed by atoms with E-state index in [1.165, 1.54) is 0 Å². The van der Waals surface area contributed by atoms with Crippen molar-refractivity contribution >= 4 is 27.0 Å². The smallest absolute Gasteiger partial charge is 0.152 e. The summed E-state index contributed by atoms with van der Waals surface area (Å²) in [6.07, 6.45) is 0. The zero-order chi connectivity index (χ0) is 9.19. The highest BCUT2D eigenvalue weighted by atomic mass is 32.2. The van der Waals surface area contributed by atoms with Crippen LogP contribution in [0.15, 0.2) is 0 Å². The molecule has 12 heavy (non-hydrogen) atoms. The molecular weight excluding hydrogens is 196 g/mol. The molecule has 1 heterocycles. The first-order chi connectivity index (χ1) is 5.49. The molecule has 1 rings (SSSR count). The van der Waals surface area contributed by atoms with Crippen LogP contribution in [0.4, 0.5) is 0 Å². The molecule has 1 saturated heterocycles. The van der Waals surface area contributed by atoms with Gasteiger partial charge in [0.05, 0.1) is 16.5 Å². The van der Waals surface area contributed by atoms with Crippen LogP contribution in [0.2, 0.25) is 0 Å². The zero-order valence-electron chi connectivity index (χ0n) is 6.69. The molecular formula is C6H12N2O2S2. The van der Waals surface area contributed by atoms with Gasteiger partial charge in [-0.15, -0.1) is 0 Å². The third kappa shape index (κ3) is 3.04. The van der Waals surface area contributed by atoms with Crippen LogP contribution in [-0.4, -0.2) is 49.4 Å². The van der Waals surface area contributed by atoms with Gasteiger partial charge in [0.2, 0.25) is 0 Å². The third-order valence-corrected chi connectivity index (χ3v) is 3.55. The van der Waals surface area contributed by atoms with Crippen LogP contribution in [0.3, 0.4) is 0 Å². The summed E-state index contributed by atoms with van der Waals surface area (Å²) in [7, 11) is -2.78. The van der Waals surface area contributed by atoms with Crippen molar-refractivity contribution in [3.05, 3.63) is 0 Å². The Morgan fingerprint density at radius 1 is 1.42 bits per heavy atom. The lowest BCUT2D eigenvalue weighted by Gasteiger charge is -2.25. The molecule has 0 unspecified atom stereocenters. The van der Waals surface area contributed by atoms with Crippen molar-refractivity contribution in [2.24, 2.45) is 5.73 Å². The highest BCUT2D eigenvalue weighted by molar-refractivity contribution is 7.91. The molecule has 1 aliphatic heterocycles. The molecule has 4 nitrogen and oxygen atoms in total. The summed E-state index contributed by atoms with van der Waals surface area (Å²) in [5.41, 5.74) is 5.33. The van der Waals surface area contributed by atoms with E-state index in [2.05, 4.69) is 0 Å². The molecule has 0 bridgehead atoms. The molecule has 0 spiro atoms. The van der Waals surface area contributed by atoms with Gasteiger partial charge < -0.3 is 5.73 Å². The van der Waals surface area contributed by atoms with Crippen LogP contribution in [-0.2, 0) is 9.84 Å². The van der Waals surface area contributed by atoms with Gasteiger partial charge in [-0.3, -0.25) is 4.90 Å². The van der Waals surface area contributed by atoms with E-state index >= 15 is 0 Å². The number of hydrogen-bond acceptors (Lipinski definition) is 4. The van der Waals surface area contributed by atoms with Gasteiger partial charge in [-0.2, -0.15) is 0 Å². The SMILES string of the molecule is NC(=S)CN1CCS(=O)(=O)CC1. The summed E-state index contributed by atoms with van der Waals surface area (Å²) in [5.74, 6) is 0.464. The topological polar surface area (TPSA) is 63.4 Å². The molecule has 1 fully saturated rings. The van der Waals surface area contributed by atoms with Crippen LogP contribution in [0.1, 0.15) is 0 Å². The van der Waals surface area contributed by atoms with Gasteiger partial charge in [0.1, 0.15) is 0 Å². The Morgan fingerprint density at radius 2 is 1.92 bits per heavy atom. The van der Waals surface area contributed by atoms with Crippen LogP contribution in [0.5, 0.6) is 0 Å². The Balaban J connectivity index is 2.41. The minimum Gasteiger partial charge on any atom is -0.392 e. The molecule has 0 atom stereocenters. The fourth-order valence-corrected chi connectivity index (χ4v) is 2.59. The maximum absolute atomic E-state index is 11.0. The minimum absolute atomic E-state index is 0.232. The number of nitrogens with zero attached hydrogens (tertiary/aromatic N) is 1. The standard InChI is InChI=1S/C6H12N2O2S2/c7-6(11)5-8-1-3-12(9,10)4-2-8/h1-5H2,(H2,7,11). The van der Waals surface area contributed by atoms with Gasteiger partial charge >= 0.3 is 0 Å². The molecule has 0 amide bonds. The van der Waals surface area contributed by atoms with E-state index in [0.717, 1.165) is 0 Å². The van der Waals surface area contributed by atoms with Crippen molar-refractivity contribution in [1.29, 1.82) is 0 Å². The first-order valence-electron chi connectivity index (χ1n) is 3.71. The van der Waals surface area contributed by atoms with Gasteiger partial charge in [0.15, 0.2) is 9.84 Å². The first-order valence-corrected chi connectivity index (χ1v) is 5.94. The summed E-state index contributed by atoms with van der Waals surface area (Å²) in [6, 6.07) is 0. The number of rotatable bonds is 2. The molecule has 0 aromatic rings. The molecule has 0 radical (unpaired) electrons. The third-order valence-electron chi connectivity index (χ3n) is 1.82. The van der Waals surface area contributed by atoms with Crippen molar-refractivity contribution in [1.82, 2.24) is 4.90 Å². The van der Waals surface area contributed by atoms with Gasteiger partial charge in [0.25, 0.3) is 0 Å². The normalized spacial score (nSPS) is 23.7. The largest absolute Gasteiger partial charge is 0.392 e. The molecule has 0 saturated carbocycles. The van der Waals surface area contributed by atoms with E-state index in [1.54, 1.807) is 0 Å². The molecule has 1 aliphatic rings. The van der Waals surface area contributed by atoms with E-state index in [9.17, 15) is 8.42 Å². The first kappa shape index (κ1) is 9.88. The molecule has 6 heteroatoms. The lowest BCUT2D eigenvalue weighted by molar-refractivity contribution is 0.336. The molecule has 0 aliphatic carbocycles. The lowest BCUT2D eigenvalue weighted by Crippen LogP contribution is -2.43. The Kier molecular flexibility index (Phi) is 3.03. The van der Waals surface area contributed by atoms with Crippen molar-refractivity contribution < 1.29 is 8.42 Å². The quantitative estimate of drug-likeness (QED) is 0.590. The Bertz CT molecular complexity index is 259. The van der Waals surface area contributed by atoms with Crippen molar-refractivity contribution in [2.45, 2.75) is 0 Å². The number of sulfone groups is 1. The molecule has 0 aromatic carbocycles. The van der Waals surface area contributed by atoms with E-state index in [-0.39, 0.29) is 11.5 Å². The lowest BCUT2D eigenvalue weighted by atomic mass is 10.4. The summed E-state index contributed by atoms with van der Waals surface area (Å²) < 4.78 is 22.0. The van der Waals surface area contributed by atoms with Crippen LogP contribution < -0.4 is 5.73 Å². The summed E-state index contributed by atoms with van der Waals surface area (Å²) in [6.45, 7) is 1.64. The van der Waals surface area contributed by atoms with E-state index < -0.39 is 9.84 Å². The van der Waals surface area contributed by atoms with Crippen molar-refractivity contribution in [3.8, 4) is 0 Å². The second-order valence-electron chi connectivity index (χ2n) is 2.89. The number of hydrogen-bond donors (Lipinski definition) is 1. The fraction of sp³-hybridized carbons (Fsp3) is 0.833. The number of nitrogens with two attached hydrogens (primary N) is 1. The highest BCUT2D eigenvalue weighted by Crippen LogP contribution is 2.02. The predicted molar refractivity (Wildman–Crippen MR) is 51.9 cm³/mol. The molecule has 2 N–H and O–H groups in total. The zero-order valence-corrected chi connectivity index (χ0v) is 8.33. The Hall–Kier alpha value is -0.200. The minimum atomic E-state index is -2.78. The van der Waals surface area contributed by atoms with Gasteiger partial charge in [0, 0.05) is 19.6 Å². The fourth-order valence-electron chi connectivity index (χ4n) is 1.13. The second kappa shape index (κ2) is 3.68. The summed E-state index contributed by atoms with van der Waals surface area (Å²) in [4.78, 5) is 2.39. The van der Waals surface area contributed by atoms with Gasteiger partial charge in [-0.1, -0.05) is 12.2 Å². The summed E-state index contributed by atoms with van der Waals surface area (Å²) in [5, 5.41) is 0. The Morgan fingerprint density at radius 3 is 2.33 bits per heavy atom. The highest BCUT2D eigenvalue weighted by Gasteiger charge is 2.21. The van der Waals surface area contributed by atoms with Crippen LogP contribution >= 0.6 is 12.2 Å².